The van der Waals surface area contributed by atoms with E-state index in [1.54, 1.807) is 11.1 Å². The van der Waals surface area contributed by atoms with Crippen molar-refractivity contribution in [1.82, 2.24) is 0 Å². The third-order valence-electron chi connectivity index (χ3n) is 13.8. The standard InChI is InChI=1S/2C17H15.C6H11.3CH3.Hf.H2Si/c2*1-12-9-10-13(2)17(11-12)16-8-4-6-14-5-3-7-15(14)16;1-2-4-6-5-3-1;;;;;/h2*3-11H,1-2H3;1H,2-6H2;3*1H3;;1H2. The summed E-state index contributed by atoms with van der Waals surface area (Å²) in [4.78, 5) is 0. The van der Waals surface area contributed by atoms with Crippen molar-refractivity contribution in [3.63, 3.8) is 0 Å². The maximum absolute atomic E-state index is 5.08. The Bertz CT molecular complexity index is 1950. The van der Waals surface area contributed by atoms with Gasteiger partial charge in [0.1, 0.15) is 0 Å². The predicted molar refractivity (Wildman–Crippen MR) is 199 cm³/mol. The fraction of sp³-hybridized carbons (Fsp3) is 0.349. The molecule has 45 heavy (non-hydrogen) atoms. The van der Waals surface area contributed by atoms with Crippen molar-refractivity contribution in [1.29, 1.82) is 0 Å². The van der Waals surface area contributed by atoms with Crippen LogP contribution >= 0.6 is 0 Å². The molecule has 0 spiro atoms. The number of hydrogen-bond acceptors (Lipinski definition) is 0. The van der Waals surface area contributed by atoms with E-state index in [-0.39, 0.29) is 0 Å². The molecule has 2 unspecified atom stereocenters. The number of hydrogen-bond donors (Lipinski definition) is 0. The molecular weight excluding hydrogens is 723 g/mol. The molecule has 4 aromatic carbocycles. The zero-order valence-electron chi connectivity index (χ0n) is 28.7. The third-order valence-corrected chi connectivity index (χ3v) is 67.4. The fourth-order valence-corrected chi connectivity index (χ4v) is 56.7. The van der Waals surface area contributed by atoms with Gasteiger partial charge in [-0.2, -0.15) is 0 Å². The second-order valence-corrected chi connectivity index (χ2v) is 98.4. The van der Waals surface area contributed by atoms with Crippen molar-refractivity contribution >= 4 is 19.1 Å². The van der Waals surface area contributed by atoms with Crippen molar-refractivity contribution in [2.45, 2.75) is 84.9 Å². The maximum atomic E-state index is 2.92. The molecule has 7 rings (SSSR count). The van der Waals surface area contributed by atoms with Crippen molar-refractivity contribution in [3.8, 4) is 22.3 Å². The van der Waals surface area contributed by atoms with E-state index in [9.17, 15) is 0 Å². The average molecular weight is 775 g/mol. The first-order valence-electron chi connectivity index (χ1n) is 17.5. The summed E-state index contributed by atoms with van der Waals surface area (Å²) in [6, 6.07) is 28.3. The van der Waals surface area contributed by atoms with E-state index in [1.165, 1.54) is 87.7 Å². The second-order valence-electron chi connectivity index (χ2n) is 18.5. The fourth-order valence-electron chi connectivity index (χ4n) is 10.8. The molecule has 1 saturated carbocycles. The number of benzene rings is 4. The molecule has 0 aromatic heterocycles. The zero-order valence-corrected chi connectivity index (χ0v) is 33.7. The van der Waals surface area contributed by atoms with Gasteiger partial charge in [0.2, 0.25) is 0 Å². The van der Waals surface area contributed by atoms with E-state index in [0.717, 1.165) is 3.67 Å². The molecule has 4 aromatic rings. The van der Waals surface area contributed by atoms with Gasteiger partial charge >= 0.3 is 270 Å². The SMILES string of the molecule is Cc1ccc(C)c(-c2cccc3c2C=C[CH]3[Hf]([CH3])([CH3])([CH3])(=[SiH2])([CH]2CCCCC2)[CH]2C=Cc3c(-c4cc(C)ccc4C)cccc32)c1. The molecule has 0 nitrogen and oxygen atoms in total. The number of fused-ring (bicyclic) bond motifs is 2. The first kappa shape index (κ1) is 31.1. The molecule has 1 fully saturated rings. The molecule has 3 aliphatic carbocycles. The summed E-state index contributed by atoms with van der Waals surface area (Å²) in [7, 11) is 0. The van der Waals surface area contributed by atoms with Gasteiger partial charge in [-0.25, -0.2) is 0 Å². The molecule has 2 atom stereocenters. The Morgan fingerprint density at radius 1 is 0.556 bits per heavy atom. The van der Waals surface area contributed by atoms with Gasteiger partial charge in [-0.15, -0.1) is 0 Å². The van der Waals surface area contributed by atoms with Gasteiger partial charge in [-0.3, -0.25) is 0 Å². The van der Waals surface area contributed by atoms with Crippen molar-refractivity contribution in [2.24, 2.45) is 0 Å². The number of rotatable bonds is 5. The van der Waals surface area contributed by atoms with Crippen LogP contribution in [0.1, 0.15) is 84.0 Å². The molecule has 0 radical (unpaired) electrons. The van der Waals surface area contributed by atoms with Crippen LogP contribution < -0.4 is 0 Å². The summed E-state index contributed by atoms with van der Waals surface area (Å²) in [5, 5.41) is 0. The zero-order chi connectivity index (χ0) is 31.9. The first-order chi connectivity index (χ1) is 21.2. The minimum absolute atomic E-state index is 0.445. The summed E-state index contributed by atoms with van der Waals surface area (Å²) in [6.45, 7) is 11.6. The summed E-state index contributed by atoms with van der Waals surface area (Å²) >= 11 is -5.08. The van der Waals surface area contributed by atoms with Crippen LogP contribution in [0.25, 0.3) is 34.4 Å². The van der Waals surface area contributed by atoms with Crippen LogP contribution in [0.5, 0.6) is 0 Å². The Hall–Kier alpha value is -2.55. The molecule has 0 bridgehead atoms. The van der Waals surface area contributed by atoms with E-state index in [1.807, 2.05) is 0 Å². The topological polar surface area (TPSA) is 0 Å². The molecule has 2 heteroatoms. The molecule has 0 amide bonds. The van der Waals surface area contributed by atoms with E-state index < -0.39 is 14.2 Å². The Morgan fingerprint density at radius 3 is 1.44 bits per heavy atom. The molecule has 0 heterocycles. The average Bonchev–Trinajstić information content (AvgIpc) is 3.67. The van der Waals surface area contributed by atoms with E-state index in [0.29, 0.717) is 7.35 Å². The normalized spacial score (nSPS) is 21.9. The van der Waals surface area contributed by atoms with Crippen molar-refractivity contribution in [3.05, 3.63) is 129 Å². The van der Waals surface area contributed by atoms with E-state index in [4.69, 9.17) is 0 Å². The van der Waals surface area contributed by atoms with Crippen LogP contribution in [0.15, 0.2) is 84.9 Å². The predicted octanol–water partition coefficient (Wildman–Crippen LogP) is 12.3. The van der Waals surface area contributed by atoms with Gasteiger partial charge in [0.15, 0.2) is 0 Å². The summed E-state index contributed by atoms with van der Waals surface area (Å²) in [5.41, 5.74) is 17.1. The van der Waals surface area contributed by atoms with Crippen LogP contribution in [0.3, 0.4) is 0 Å². The van der Waals surface area contributed by atoms with Gasteiger partial charge in [0.05, 0.1) is 0 Å². The van der Waals surface area contributed by atoms with E-state index >= 15 is 0 Å². The van der Waals surface area contributed by atoms with Crippen LogP contribution in [0.4, 0.5) is 0 Å². The van der Waals surface area contributed by atoms with Crippen LogP contribution in [0.2, 0.25) is 17.7 Å². The molecule has 232 valence electrons. The van der Waals surface area contributed by atoms with Crippen LogP contribution in [-0.4, -0.2) is 6.94 Å². The first-order valence-corrected chi connectivity index (χ1v) is 42.8. The second kappa shape index (κ2) is 9.51. The summed E-state index contributed by atoms with van der Waals surface area (Å²) in [6.07, 6.45) is 17.3. The Morgan fingerprint density at radius 2 is 1.00 bits per heavy atom. The van der Waals surface area contributed by atoms with Crippen LogP contribution in [-0.2, 0) is 14.2 Å². The summed E-state index contributed by atoms with van der Waals surface area (Å²) in [5.74, 6) is 0. The third kappa shape index (κ3) is 4.37. The molecule has 0 saturated heterocycles. The Labute approximate surface area is 268 Å². The molecule has 0 aliphatic heterocycles. The summed E-state index contributed by atoms with van der Waals surface area (Å²) < 4.78 is 10.4. The quantitative estimate of drug-likeness (QED) is 0.177. The number of allylic oxidation sites excluding steroid dienone is 2. The molecular formula is C43H52HfSi. The van der Waals surface area contributed by atoms with Gasteiger partial charge in [0.25, 0.3) is 0 Å². The minimum atomic E-state index is -5.08. The van der Waals surface area contributed by atoms with Crippen molar-refractivity contribution < 1.29 is 14.2 Å². The molecule has 0 N–H and O–H groups in total. The van der Waals surface area contributed by atoms with Gasteiger partial charge in [-0.05, 0) is 0 Å². The Balaban J connectivity index is 1.49. The molecule has 3 aliphatic rings. The van der Waals surface area contributed by atoms with Crippen molar-refractivity contribution in [2.75, 3.05) is 0 Å². The van der Waals surface area contributed by atoms with Gasteiger partial charge in [0, 0.05) is 0 Å². The monoisotopic (exact) mass is 776 g/mol. The van der Waals surface area contributed by atoms with Crippen LogP contribution in [0, 0.1) is 27.7 Å². The van der Waals surface area contributed by atoms with Gasteiger partial charge in [-0.1, -0.05) is 0 Å². The number of aryl methyl sites for hydroxylation is 4. The van der Waals surface area contributed by atoms with E-state index in [2.05, 4.69) is 146 Å². The van der Waals surface area contributed by atoms with Gasteiger partial charge < -0.3 is 0 Å². The Kier molecular flexibility index (Phi) is 6.56.